The number of morpholine rings is 1. The SMILES string of the molecule is O=C1CO[C@@H]2CN(c3cnccn3)CC[C@@]2(c2ccccc2)N1. The van der Waals surface area contributed by atoms with Crippen molar-refractivity contribution in [2.75, 3.05) is 24.6 Å². The fraction of sp³-hybridized carbons (Fsp3) is 0.353. The first-order valence-corrected chi connectivity index (χ1v) is 7.77. The molecule has 2 fully saturated rings. The van der Waals surface area contributed by atoms with Crippen LogP contribution in [0.5, 0.6) is 0 Å². The van der Waals surface area contributed by atoms with Gasteiger partial charge in [-0.2, -0.15) is 0 Å². The fourth-order valence-corrected chi connectivity index (χ4v) is 3.52. The molecule has 1 aromatic carbocycles. The average Bonchev–Trinajstić information content (AvgIpc) is 2.62. The van der Waals surface area contributed by atoms with Gasteiger partial charge in [0.1, 0.15) is 18.5 Å². The molecule has 0 aliphatic carbocycles. The molecule has 6 heteroatoms. The summed E-state index contributed by atoms with van der Waals surface area (Å²) in [5.41, 5.74) is 0.631. The Morgan fingerprint density at radius 2 is 2.13 bits per heavy atom. The van der Waals surface area contributed by atoms with E-state index in [0.717, 1.165) is 24.3 Å². The van der Waals surface area contributed by atoms with Crippen molar-refractivity contribution in [3.05, 3.63) is 54.5 Å². The van der Waals surface area contributed by atoms with Crippen LogP contribution in [-0.4, -0.2) is 41.7 Å². The van der Waals surface area contributed by atoms with Gasteiger partial charge in [-0.25, -0.2) is 4.98 Å². The number of nitrogens with one attached hydrogen (secondary N) is 1. The maximum atomic E-state index is 12.0. The van der Waals surface area contributed by atoms with Gasteiger partial charge in [-0.1, -0.05) is 30.3 Å². The zero-order valence-corrected chi connectivity index (χ0v) is 12.7. The molecular formula is C17H18N4O2. The molecule has 0 saturated carbocycles. The van der Waals surface area contributed by atoms with E-state index in [1.54, 1.807) is 18.6 Å². The lowest BCUT2D eigenvalue weighted by Crippen LogP contribution is -2.66. The largest absolute Gasteiger partial charge is 0.364 e. The van der Waals surface area contributed by atoms with E-state index in [1.165, 1.54) is 0 Å². The van der Waals surface area contributed by atoms with Crippen LogP contribution in [-0.2, 0) is 15.1 Å². The van der Waals surface area contributed by atoms with Crippen LogP contribution in [0.1, 0.15) is 12.0 Å². The molecule has 2 aromatic rings. The summed E-state index contributed by atoms with van der Waals surface area (Å²) in [5, 5.41) is 3.19. The van der Waals surface area contributed by atoms with E-state index in [2.05, 4.69) is 32.3 Å². The molecule has 0 unspecified atom stereocenters. The number of ether oxygens (including phenoxy) is 1. The maximum absolute atomic E-state index is 12.0. The Balaban J connectivity index is 1.66. The van der Waals surface area contributed by atoms with Crippen LogP contribution in [0.15, 0.2) is 48.9 Å². The topological polar surface area (TPSA) is 67.3 Å². The van der Waals surface area contributed by atoms with Crippen molar-refractivity contribution >= 4 is 11.7 Å². The number of hydrogen-bond acceptors (Lipinski definition) is 5. The molecule has 2 atom stereocenters. The lowest BCUT2D eigenvalue weighted by Gasteiger charge is -2.50. The number of carbonyl (C=O) groups is 1. The van der Waals surface area contributed by atoms with Crippen molar-refractivity contribution in [1.29, 1.82) is 0 Å². The van der Waals surface area contributed by atoms with E-state index in [-0.39, 0.29) is 18.6 Å². The van der Waals surface area contributed by atoms with Gasteiger partial charge in [-0.3, -0.25) is 9.78 Å². The second-order valence-electron chi connectivity index (χ2n) is 5.94. The number of benzene rings is 1. The number of anilines is 1. The van der Waals surface area contributed by atoms with Gasteiger partial charge < -0.3 is 15.0 Å². The van der Waals surface area contributed by atoms with Crippen LogP contribution in [0.2, 0.25) is 0 Å². The highest BCUT2D eigenvalue weighted by Crippen LogP contribution is 2.37. The summed E-state index contributed by atoms with van der Waals surface area (Å²) in [6, 6.07) is 10.1. The molecule has 0 bridgehead atoms. The number of amides is 1. The van der Waals surface area contributed by atoms with Crippen molar-refractivity contribution in [2.24, 2.45) is 0 Å². The molecule has 118 valence electrons. The highest BCUT2D eigenvalue weighted by molar-refractivity contribution is 5.79. The van der Waals surface area contributed by atoms with E-state index < -0.39 is 5.54 Å². The standard InChI is InChI=1S/C17H18N4O2/c22-16-12-23-14-11-21(15-10-18-7-8-19-15)9-6-17(14,20-16)13-4-2-1-3-5-13/h1-5,7-8,10,14H,6,9,11-12H2,(H,20,22)/t14-,17+/m1/s1. The van der Waals surface area contributed by atoms with Crippen LogP contribution >= 0.6 is 0 Å². The van der Waals surface area contributed by atoms with Crippen LogP contribution in [0.4, 0.5) is 5.82 Å². The van der Waals surface area contributed by atoms with E-state index in [4.69, 9.17) is 4.74 Å². The summed E-state index contributed by atoms with van der Waals surface area (Å²) in [7, 11) is 0. The average molecular weight is 310 g/mol. The van der Waals surface area contributed by atoms with Gasteiger partial charge in [-0.15, -0.1) is 0 Å². The second-order valence-corrected chi connectivity index (χ2v) is 5.94. The molecule has 6 nitrogen and oxygen atoms in total. The minimum Gasteiger partial charge on any atom is -0.364 e. The van der Waals surface area contributed by atoms with E-state index >= 15 is 0 Å². The number of nitrogens with zero attached hydrogens (tertiary/aromatic N) is 3. The molecule has 0 radical (unpaired) electrons. The summed E-state index contributed by atoms with van der Waals surface area (Å²) in [5.74, 6) is 0.785. The van der Waals surface area contributed by atoms with Crippen LogP contribution in [0.3, 0.4) is 0 Å². The molecule has 2 saturated heterocycles. The van der Waals surface area contributed by atoms with Gasteiger partial charge in [0.2, 0.25) is 5.91 Å². The van der Waals surface area contributed by atoms with Gasteiger partial charge in [0.15, 0.2) is 0 Å². The smallest absolute Gasteiger partial charge is 0.246 e. The number of piperidine rings is 1. The Morgan fingerprint density at radius 3 is 2.91 bits per heavy atom. The summed E-state index contributed by atoms with van der Waals surface area (Å²) in [4.78, 5) is 22.6. The summed E-state index contributed by atoms with van der Waals surface area (Å²) in [6.45, 7) is 1.56. The van der Waals surface area contributed by atoms with Gasteiger partial charge in [0.05, 0.1) is 11.7 Å². The van der Waals surface area contributed by atoms with Gasteiger partial charge >= 0.3 is 0 Å². The first-order valence-electron chi connectivity index (χ1n) is 7.77. The van der Waals surface area contributed by atoms with Crippen molar-refractivity contribution < 1.29 is 9.53 Å². The minimum absolute atomic E-state index is 0.0574. The van der Waals surface area contributed by atoms with Crippen molar-refractivity contribution in [3.63, 3.8) is 0 Å². The number of hydrogen-bond donors (Lipinski definition) is 1. The molecule has 1 amide bonds. The summed E-state index contributed by atoms with van der Waals surface area (Å²) < 4.78 is 5.90. The molecule has 2 aliphatic heterocycles. The van der Waals surface area contributed by atoms with E-state index in [9.17, 15) is 4.79 Å². The van der Waals surface area contributed by atoms with Gasteiger partial charge in [0.25, 0.3) is 0 Å². The molecule has 0 spiro atoms. The predicted molar refractivity (Wildman–Crippen MR) is 84.9 cm³/mol. The molecule has 23 heavy (non-hydrogen) atoms. The zero-order chi connectivity index (χ0) is 15.7. The molecule has 4 rings (SSSR count). The van der Waals surface area contributed by atoms with Crippen molar-refractivity contribution in [1.82, 2.24) is 15.3 Å². The van der Waals surface area contributed by atoms with Crippen molar-refractivity contribution in [2.45, 2.75) is 18.1 Å². The van der Waals surface area contributed by atoms with E-state index in [0.29, 0.717) is 6.54 Å². The Bertz CT molecular complexity index is 694. The molecular weight excluding hydrogens is 292 g/mol. The molecule has 2 aliphatic rings. The Hall–Kier alpha value is -2.47. The predicted octanol–water partition coefficient (Wildman–Crippen LogP) is 1.10. The van der Waals surface area contributed by atoms with Crippen LogP contribution < -0.4 is 10.2 Å². The maximum Gasteiger partial charge on any atom is 0.246 e. The third-order valence-corrected chi connectivity index (χ3v) is 4.65. The fourth-order valence-electron chi connectivity index (χ4n) is 3.52. The second kappa shape index (κ2) is 5.62. The summed E-state index contributed by atoms with van der Waals surface area (Å²) >= 11 is 0. The number of aromatic nitrogens is 2. The monoisotopic (exact) mass is 310 g/mol. The lowest BCUT2D eigenvalue weighted by molar-refractivity contribution is -0.146. The molecule has 3 heterocycles. The molecule has 1 N–H and O–H groups in total. The quantitative estimate of drug-likeness (QED) is 0.899. The normalized spacial score (nSPS) is 27.2. The summed E-state index contributed by atoms with van der Waals surface area (Å²) in [6.07, 6.45) is 5.77. The first-order chi connectivity index (χ1) is 11.3. The number of rotatable bonds is 2. The highest BCUT2D eigenvalue weighted by Gasteiger charge is 2.49. The van der Waals surface area contributed by atoms with Gasteiger partial charge in [0, 0.05) is 25.5 Å². The minimum atomic E-state index is -0.463. The van der Waals surface area contributed by atoms with Crippen LogP contribution in [0.25, 0.3) is 0 Å². The highest BCUT2D eigenvalue weighted by atomic mass is 16.5. The zero-order valence-electron chi connectivity index (χ0n) is 12.7. The van der Waals surface area contributed by atoms with E-state index in [1.807, 2.05) is 18.2 Å². The first kappa shape index (κ1) is 14.1. The van der Waals surface area contributed by atoms with Crippen LogP contribution in [0, 0.1) is 0 Å². The molecule has 1 aromatic heterocycles. The van der Waals surface area contributed by atoms with Gasteiger partial charge in [-0.05, 0) is 12.0 Å². The lowest BCUT2D eigenvalue weighted by atomic mass is 9.77. The number of fused-ring (bicyclic) bond motifs is 1. The third-order valence-electron chi connectivity index (χ3n) is 4.65. The number of carbonyl (C=O) groups excluding carboxylic acids is 1. The Labute approximate surface area is 134 Å². The Kier molecular flexibility index (Phi) is 3.46. The Morgan fingerprint density at radius 1 is 1.26 bits per heavy atom. The van der Waals surface area contributed by atoms with Crippen molar-refractivity contribution in [3.8, 4) is 0 Å². The third kappa shape index (κ3) is 2.45.